The second kappa shape index (κ2) is 5.01. The lowest BCUT2D eigenvalue weighted by atomic mass is 9.98. The van der Waals surface area contributed by atoms with Crippen LogP contribution in [-0.4, -0.2) is 18.5 Å². The van der Waals surface area contributed by atoms with Crippen LogP contribution in [-0.2, 0) is 11.2 Å². The Balaban J connectivity index is 1.60. The minimum Gasteiger partial charge on any atom is -0.383 e. The van der Waals surface area contributed by atoms with Gasteiger partial charge in [-0.2, -0.15) is 0 Å². The van der Waals surface area contributed by atoms with E-state index in [1.807, 2.05) is 6.07 Å². The lowest BCUT2D eigenvalue weighted by Gasteiger charge is -2.27. The van der Waals surface area contributed by atoms with Crippen LogP contribution in [0, 0.1) is 5.92 Å². The summed E-state index contributed by atoms with van der Waals surface area (Å²) in [6, 6.07) is 8.58. The van der Waals surface area contributed by atoms with Crippen LogP contribution < -0.4 is 10.6 Å². The summed E-state index contributed by atoms with van der Waals surface area (Å²) >= 11 is 0. The van der Waals surface area contributed by atoms with E-state index in [2.05, 4.69) is 28.8 Å². The maximum absolute atomic E-state index is 12.1. The predicted octanol–water partition coefficient (Wildman–Crippen LogP) is 2.33. The lowest BCUT2D eigenvalue weighted by molar-refractivity contribution is -0.125. The first-order chi connectivity index (χ1) is 8.83. The number of rotatable bonds is 2. The molecule has 0 bridgehead atoms. The molecule has 1 aromatic carbocycles. The number of amides is 1. The van der Waals surface area contributed by atoms with Crippen molar-refractivity contribution in [1.82, 2.24) is 5.32 Å². The first-order valence-electron chi connectivity index (χ1n) is 6.95. The predicted molar refractivity (Wildman–Crippen MR) is 72.5 cm³/mol. The van der Waals surface area contributed by atoms with Crippen molar-refractivity contribution in [2.24, 2.45) is 5.92 Å². The van der Waals surface area contributed by atoms with Gasteiger partial charge in [0.15, 0.2) is 0 Å². The average Bonchev–Trinajstić information content (AvgIpc) is 2.92. The van der Waals surface area contributed by atoms with Crippen molar-refractivity contribution in [2.45, 2.75) is 38.1 Å². The van der Waals surface area contributed by atoms with Crippen LogP contribution in [0.5, 0.6) is 0 Å². The van der Waals surface area contributed by atoms with Crippen molar-refractivity contribution in [2.75, 3.05) is 11.9 Å². The molecule has 96 valence electrons. The highest BCUT2D eigenvalue weighted by atomic mass is 16.1. The van der Waals surface area contributed by atoms with Gasteiger partial charge >= 0.3 is 0 Å². The summed E-state index contributed by atoms with van der Waals surface area (Å²) in [6.45, 7) is 0.843. The van der Waals surface area contributed by atoms with Crippen molar-refractivity contribution in [3.05, 3.63) is 29.8 Å². The van der Waals surface area contributed by atoms with E-state index in [1.54, 1.807) is 0 Å². The normalized spacial score (nSPS) is 23.2. The van der Waals surface area contributed by atoms with Crippen LogP contribution >= 0.6 is 0 Å². The molecule has 1 saturated carbocycles. The second-order valence-corrected chi connectivity index (χ2v) is 5.43. The van der Waals surface area contributed by atoms with E-state index in [4.69, 9.17) is 0 Å². The fourth-order valence-electron chi connectivity index (χ4n) is 3.05. The molecule has 3 heteroatoms. The molecule has 0 saturated heterocycles. The fourth-order valence-corrected chi connectivity index (χ4v) is 3.05. The largest absolute Gasteiger partial charge is 0.383 e. The molecule has 2 N–H and O–H groups in total. The summed E-state index contributed by atoms with van der Waals surface area (Å²) in [5, 5.41) is 6.59. The van der Waals surface area contributed by atoms with Gasteiger partial charge in [0, 0.05) is 18.2 Å². The van der Waals surface area contributed by atoms with E-state index in [0.29, 0.717) is 0 Å². The molecule has 0 aromatic heterocycles. The van der Waals surface area contributed by atoms with E-state index < -0.39 is 0 Å². The van der Waals surface area contributed by atoms with E-state index in [1.165, 1.54) is 24.1 Å². The Hall–Kier alpha value is -1.51. The summed E-state index contributed by atoms with van der Waals surface area (Å²) in [5.41, 5.74) is 2.52. The smallest absolute Gasteiger partial charge is 0.223 e. The van der Waals surface area contributed by atoms with Gasteiger partial charge in [-0.05, 0) is 30.9 Å². The highest BCUT2D eigenvalue weighted by Gasteiger charge is 2.26. The Morgan fingerprint density at radius 2 is 2.00 bits per heavy atom. The average molecular weight is 244 g/mol. The summed E-state index contributed by atoms with van der Waals surface area (Å²) in [4.78, 5) is 12.1. The van der Waals surface area contributed by atoms with E-state index in [9.17, 15) is 4.79 Å². The van der Waals surface area contributed by atoms with Crippen molar-refractivity contribution in [3.63, 3.8) is 0 Å². The molecule has 0 radical (unpaired) electrons. The third-order valence-corrected chi connectivity index (χ3v) is 4.09. The number of benzene rings is 1. The van der Waals surface area contributed by atoms with Gasteiger partial charge in [-0.25, -0.2) is 0 Å². The van der Waals surface area contributed by atoms with Gasteiger partial charge in [-0.1, -0.05) is 31.0 Å². The molecule has 1 heterocycles. The SMILES string of the molecule is O=C(NC1CNc2ccccc2C1)C1CCCC1. The van der Waals surface area contributed by atoms with Crippen molar-refractivity contribution in [3.8, 4) is 0 Å². The van der Waals surface area contributed by atoms with Crippen molar-refractivity contribution < 1.29 is 4.79 Å². The van der Waals surface area contributed by atoms with Gasteiger partial charge in [-0.15, -0.1) is 0 Å². The summed E-state index contributed by atoms with van der Waals surface area (Å²) in [6.07, 6.45) is 5.51. The Labute approximate surface area is 108 Å². The number of para-hydroxylation sites is 1. The number of anilines is 1. The van der Waals surface area contributed by atoms with Gasteiger partial charge in [0.1, 0.15) is 0 Å². The zero-order valence-corrected chi connectivity index (χ0v) is 10.6. The molecule has 1 unspecified atom stereocenters. The zero-order chi connectivity index (χ0) is 12.4. The quantitative estimate of drug-likeness (QED) is 0.838. The number of carbonyl (C=O) groups is 1. The molecule has 3 rings (SSSR count). The van der Waals surface area contributed by atoms with Crippen LogP contribution in [0.3, 0.4) is 0 Å². The fraction of sp³-hybridized carbons (Fsp3) is 0.533. The minimum atomic E-state index is 0.244. The maximum atomic E-state index is 12.1. The zero-order valence-electron chi connectivity index (χ0n) is 10.6. The standard InChI is InChI=1S/C15H20N2O/c18-15(11-5-1-2-6-11)17-13-9-12-7-3-4-8-14(12)16-10-13/h3-4,7-8,11,13,16H,1-2,5-6,9-10H2,(H,17,18). The van der Waals surface area contributed by atoms with Crippen molar-refractivity contribution >= 4 is 11.6 Å². The van der Waals surface area contributed by atoms with Gasteiger partial charge in [0.25, 0.3) is 0 Å². The number of hydrogen-bond acceptors (Lipinski definition) is 2. The lowest BCUT2D eigenvalue weighted by Crippen LogP contribution is -2.45. The molecule has 1 atom stereocenters. The molecule has 1 amide bonds. The highest BCUT2D eigenvalue weighted by Crippen LogP contribution is 2.26. The van der Waals surface area contributed by atoms with Gasteiger partial charge in [-0.3, -0.25) is 4.79 Å². The highest BCUT2D eigenvalue weighted by molar-refractivity contribution is 5.79. The molecule has 0 spiro atoms. The Bertz CT molecular complexity index is 438. The molecule has 2 aliphatic rings. The van der Waals surface area contributed by atoms with E-state index in [0.717, 1.165) is 25.8 Å². The van der Waals surface area contributed by atoms with Gasteiger partial charge in [0.05, 0.1) is 6.04 Å². The Kier molecular flexibility index (Phi) is 3.22. The van der Waals surface area contributed by atoms with Crippen LogP contribution in [0.2, 0.25) is 0 Å². The first-order valence-corrected chi connectivity index (χ1v) is 6.95. The summed E-state index contributed by atoms with van der Waals surface area (Å²) in [7, 11) is 0. The first kappa shape index (κ1) is 11.6. The van der Waals surface area contributed by atoms with Crippen LogP contribution in [0.1, 0.15) is 31.2 Å². The molecule has 1 fully saturated rings. The maximum Gasteiger partial charge on any atom is 0.223 e. The monoisotopic (exact) mass is 244 g/mol. The molecule has 1 aromatic rings. The van der Waals surface area contributed by atoms with Gasteiger partial charge in [0.2, 0.25) is 5.91 Å². The Morgan fingerprint density at radius 1 is 1.22 bits per heavy atom. The topological polar surface area (TPSA) is 41.1 Å². The van der Waals surface area contributed by atoms with Crippen molar-refractivity contribution in [1.29, 1.82) is 0 Å². The van der Waals surface area contributed by atoms with E-state index in [-0.39, 0.29) is 17.9 Å². The number of carbonyl (C=O) groups excluding carboxylic acids is 1. The minimum absolute atomic E-state index is 0.244. The van der Waals surface area contributed by atoms with Gasteiger partial charge < -0.3 is 10.6 Å². The number of fused-ring (bicyclic) bond motifs is 1. The van der Waals surface area contributed by atoms with Crippen LogP contribution in [0.25, 0.3) is 0 Å². The third-order valence-electron chi connectivity index (χ3n) is 4.09. The molecule has 3 nitrogen and oxygen atoms in total. The Morgan fingerprint density at radius 3 is 2.83 bits per heavy atom. The molecule has 1 aliphatic heterocycles. The number of nitrogens with one attached hydrogen (secondary N) is 2. The molecular formula is C15H20N2O. The summed E-state index contributed by atoms with van der Waals surface area (Å²) < 4.78 is 0. The molecule has 1 aliphatic carbocycles. The van der Waals surface area contributed by atoms with E-state index >= 15 is 0 Å². The number of hydrogen-bond donors (Lipinski definition) is 2. The van der Waals surface area contributed by atoms with Crippen LogP contribution in [0.15, 0.2) is 24.3 Å². The van der Waals surface area contributed by atoms with Crippen LogP contribution in [0.4, 0.5) is 5.69 Å². The summed E-state index contributed by atoms with van der Waals surface area (Å²) in [5.74, 6) is 0.529. The third kappa shape index (κ3) is 2.35. The molecule has 18 heavy (non-hydrogen) atoms. The molecular weight excluding hydrogens is 224 g/mol. The second-order valence-electron chi connectivity index (χ2n) is 5.43.